The summed E-state index contributed by atoms with van der Waals surface area (Å²) >= 11 is 5.62. The molecular formula is C9H9BrINO2. The van der Waals surface area contributed by atoms with Crippen LogP contribution in [0.25, 0.3) is 0 Å². The van der Waals surface area contributed by atoms with Crippen molar-refractivity contribution in [1.82, 2.24) is 0 Å². The summed E-state index contributed by atoms with van der Waals surface area (Å²) < 4.78 is 2.09. The Morgan fingerprint density at radius 1 is 1.57 bits per heavy atom. The molecule has 0 spiro atoms. The van der Waals surface area contributed by atoms with Gasteiger partial charge in [0.1, 0.15) is 0 Å². The number of nitrogens with one attached hydrogen (secondary N) is 1. The molecule has 0 atom stereocenters. The van der Waals surface area contributed by atoms with Gasteiger partial charge in [0.2, 0.25) is 0 Å². The van der Waals surface area contributed by atoms with E-state index >= 15 is 0 Å². The van der Waals surface area contributed by atoms with Crippen LogP contribution in [-0.2, 0) is 4.79 Å². The third kappa shape index (κ3) is 3.83. The zero-order valence-corrected chi connectivity index (χ0v) is 11.0. The minimum Gasteiger partial charge on any atom is -0.481 e. The first-order valence-electron chi connectivity index (χ1n) is 4.00. The number of hydrogen-bond donors (Lipinski definition) is 2. The van der Waals surface area contributed by atoms with Gasteiger partial charge in [-0.3, -0.25) is 4.79 Å². The SMILES string of the molecule is O=C(O)CCNc1ccc(I)cc1Br. The first kappa shape index (κ1) is 11.8. The molecule has 1 aromatic rings. The largest absolute Gasteiger partial charge is 0.481 e. The molecule has 0 aliphatic carbocycles. The van der Waals surface area contributed by atoms with Gasteiger partial charge >= 0.3 is 5.97 Å². The van der Waals surface area contributed by atoms with Gasteiger partial charge in [0.25, 0.3) is 0 Å². The molecule has 0 radical (unpaired) electrons. The summed E-state index contributed by atoms with van der Waals surface area (Å²) in [5, 5.41) is 11.5. The molecule has 0 saturated carbocycles. The van der Waals surface area contributed by atoms with E-state index in [1.54, 1.807) is 0 Å². The van der Waals surface area contributed by atoms with Crippen LogP contribution in [0.4, 0.5) is 5.69 Å². The lowest BCUT2D eigenvalue weighted by atomic mass is 10.3. The van der Waals surface area contributed by atoms with Crippen LogP contribution >= 0.6 is 38.5 Å². The maximum absolute atomic E-state index is 10.3. The van der Waals surface area contributed by atoms with Crippen LogP contribution in [0.3, 0.4) is 0 Å². The first-order chi connectivity index (χ1) is 6.59. The highest BCUT2D eigenvalue weighted by atomic mass is 127. The Morgan fingerprint density at radius 3 is 2.86 bits per heavy atom. The van der Waals surface area contributed by atoms with Crippen molar-refractivity contribution in [3.05, 3.63) is 26.2 Å². The van der Waals surface area contributed by atoms with Crippen LogP contribution in [0.2, 0.25) is 0 Å². The zero-order chi connectivity index (χ0) is 10.6. The molecule has 76 valence electrons. The van der Waals surface area contributed by atoms with Gasteiger partial charge in [0.15, 0.2) is 0 Å². The summed E-state index contributed by atoms with van der Waals surface area (Å²) in [6.45, 7) is 0.439. The van der Waals surface area contributed by atoms with Gasteiger partial charge in [-0.2, -0.15) is 0 Å². The number of hydrogen-bond acceptors (Lipinski definition) is 2. The minimum absolute atomic E-state index is 0.123. The molecule has 0 aliphatic rings. The highest BCUT2D eigenvalue weighted by Gasteiger charge is 2.01. The summed E-state index contributed by atoms with van der Waals surface area (Å²) in [5.74, 6) is -0.792. The fourth-order valence-electron chi connectivity index (χ4n) is 0.937. The monoisotopic (exact) mass is 369 g/mol. The predicted octanol–water partition coefficient (Wildman–Crippen LogP) is 2.94. The zero-order valence-electron chi connectivity index (χ0n) is 7.26. The average Bonchev–Trinajstić information content (AvgIpc) is 2.08. The Bertz CT molecular complexity index is 344. The van der Waals surface area contributed by atoms with Crippen molar-refractivity contribution in [3.63, 3.8) is 0 Å². The van der Waals surface area contributed by atoms with E-state index < -0.39 is 5.97 Å². The molecule has 0 fully saturated rings. The van der Waals surface area contributed by atoms with Crippen LogP contribution < -0.4 is 5.32 Å². The van der Waals surface area contributed by atoms with E-state index in [2.05, 4.69) is 43.8 Å². The predicted molar refractivity (Wildman–Crippen MR) is 67.6 cm³/mol. The van der Waals surface area contributed by atoms with Gasteiger partial charge in [-0.15, -0.1) is 0 Å². The standard InChI is InChI=1S/C9H9BrINO2/c10-7-5-6(11)1-2-8(7)12-4-3-9(13)14/h1-2,5,12H,3-4H2,(H,13,14). The van der Waals surface area contributed by atoms with Gasteiger partial charge in [-0.25, -0.2) is 0 Å². The number of carbonyl (C=O) groups is 1. The highest BCUT2D eigenvalue weighted by Crippen LogP contribution is 2.24. The van der Waals surface area contributed by atoms with Gasteiger partial charge in [-0.05, 0) is 56.7 Å². The Labute approximate surface area is 104 Å². The molecule has 1 aromatic carbocycles. The molecule has 14 heavy (non-hydrogen) atoms. The number of aliphatic carboxylic acids is 1. The second kappa shape index (κ2) is 5.55. The summed E-state index contributed by atoms with van der Waals surface area (Å²) in [4.78, 5) is 10.3. The van der Waals surface area contributed by atoms with E-state index in [0.717, 1.165) is 13.7 Å². The van der Waals surface area contributed by atoms with Crippen molar-refractivity contribution >= 4 is 50.2 Å². The number of anilines is 1. The van der Waals surface area contributed by atoms with Gasteiger partial charge in [-0.1, -0.05) is 0 Å². The number of carboxylic acid groups (broad SMARTS) is 1. The fraction of sp³-hybridized carbons (Fsp3) is 0.222. The lowest BCUT2D eigenvalue weighted by Gasteiger charge is -2.07. The molecule has 0 amide bonds. The van der Waals surface area contributed by atoms with Crippen LogP contribution in [0, 0.1) is 3.57 Å². The van der Waals surface area contributed by atoms with Crippen LogP contribution in [0.1, 0.15) is 6.42 Å². The molecule has 1 rings (SSSR count). The molecule has 3 nitrogen and oxygen atoms in total. The van der Waals surface area contributed by atoms with Crippen molar-refractivity contribution in [3.8, 4) is 0 Å². The summed E-state index contributed by atoms with van der Waals surface area (Å²) in [7, 11) is 0. The maximum atomic E-state index is 10.3. The normalized spacial score (nSPS) is 9.86. The van der Waals surface area contributed by atoms with Gasteiger partial charge in [0.05, 0.1) is 6.42 Å². The Morgan fingerprint density at radius 2 is 2.29 bits per heavy atom. The van der Waals surface area contributed by atoms with E-state index in [0.29, 0.717) is 6.54 Å². The van der Waals surface area contributed by atoms with Crippen LogP contribution in [0.5, 0.6) is 0 Å². The fourth-order valence-corrected chi connectivity index (χ4v) is 2.38. The van der Waals surface area contributed by atoms with E-state index in [4.69, 9.17) is 5.11 Å². The average molecular weight is 370 g/mol. The minimum atomic E-state index is -0.792. The molecule has 0 aliphatic heterocycles. The van der Waals surface area contributed by atoms with E-state index in [-0.39, 0.29) is 6.42 Å². The molecule has 0 saturated heterocycles. The summed E-state index contributed by atoms with van der Waals surface area (Å²) in [6.07, 6.45) is 0.123. The smallest absolute Gasteiger partial charge is 0.305 e. The van der Waals surface area contributed by atoms with Crippen LogP contribution in [-0.4, -0.2) is 17.6 Å². The van der Waals surface area contributed by atoms with Gasteiger partial charge < -0.3 is 10.4 Å². The van der Waals surface area contributed by atoms with E-state index in [9.17, 15) is 4.79 Å². The Balaban J connectivity index is 2.55. The number of benzene rings is 1. The van der Waals surface area contributed by atoms with Gasteiger partial charge in [0, 0.05) is 20.3 Å². The molecule has 2 N–H and O–H groups in total. The molecule has 0 aromatic heterocycles. The molecule has 5 heteroatoms. The molecule has 0 unspecified atom stereocenters. The molecule has 0 heterocycles. The van der Waals surface area contributed by atoms with Crippen molar-refractivity contribution in [2.45, 2.75) is 6.42 Å². The summed E-state index contributed by atoms with van der Waals surface area (Å²) in [6, 6.07) is 5.87. The van der Waals surface area contributed by atoms with E-state index in [1.807, 2.05) is 18.2 Å². The molecule has 0 bridgehead atoms. The van der Waals surface area contributed by atoms with Crippen molar-refractivity contribution in [1.29, 1.82) is 0 Å². The Kier molecular flexibility index (Phi) is 4.67. The maximum Gasteiger partial charge on any atom is 0.305 e. The molecular weight excluding hydrogens is 361 g/mol. The summed E-state index contributed by atoms with van der Waals surface area (Å²) in [5.41, 5.74) is 0.923. The number of carboxylic acids is 1. The lowest BCUT2D eigenvalue weighted by Crippen LogP contribution is -2.07. The van der Waals surface area contributed by atoms with Crippen molar-refractivity contribution in [2.75, 3.05) is 11.9 Å². The second-order valence-electron chi connectivity index (χ2n) is 2.69. The third-order valence-electron chi connectivity index (χ3n) is 1.59. The van der Waals surface area contributed by atoms with Crippen molar-refractivity contribution < 1.29 is 9.90 Å². The lowest BCUT2D eigenvalue weighted by molar-refractivity contribution is -0.136. The first-order valence-corrected chi connectivity index (χ1v) is 5.87. The van der Waals surface area contributed by atoms with Crippen LogP contribution in [0.15, 0.2) is 22.7 Å². The second-order valence-corrected chi connectivity index (χ2v) is 4.79. The third-order valence-corrected chi connectivity index (χ3v) is 2.91. The quantitative estimate of drug-likeness (QED) is 0.802. The Hall–Kier alpha value is -0.300. The highest BCUT2D eigenvalue weighted by molar-refractivity contribution is 14.1. The topological polar surface area (TPSA) is 49.3 Å². The number of halogens is 2. The number of rotatable bonds is 4. The van der Waals surface area contributed by atoms with Crippen molar-refractivity contribution in [2.24, 2.45) is 0 Å². The van der Waals surface area contributed by atoms with E-state index in [1.165, 1.54) is 0 Å².